The molecule has 2 N–H and O–H groups in total. The van der Waals surface area contributed by atoms with Crippen molar-refractivity contribution in [3.05, 3.63) is 47.5 Å². The van der Waals surface area contributed by atoms with E-state index in [1.165, 1.54) is 6.33 Å². The maximum Gasteiger partial charge on any atom is 0.115 e. The molecule has 1 atom stereocenters. The highest BCUT2D eigenvalue weighted by atomic mass is 35.5. The first-order valence-electron chi connectivity index (χ1n) is 4.99. The van der Waals surface area contributed by atoms with Crippen LogP contribution in [-0.2, 0) is 0 Å². The van der Waals surface area contributed by atoms with Crippen LogP contribution in [0.4, 0.5) is 0 Å². The maximum atomic E-state index is 6.15. The number of hydrogen-bond donors (Lipinski definition) is 1. The van der Waals surface area contributed by atoms with Gasteiger partial charge in [-0.2, -0.15) is 0 Å². The van der Waals surface area contributed by atoms with Crippen LogP contribution in [0.15, 0.2) is 36.9 Å². The second-order valence-electron chi connectivity index (χ2n) is 3.65. The van der Waals surface area contributed by atoms with Crippen LogP contribution in [0.5, 0.6) is 0 Å². The van der Waals surface area contributed by atoms with Crippen LogP contribution in [0.25, 0.3) is 11.1 Å². The fraction of sp³-hybridized carbons (Fsp3) is 0.167. The largest absolute Gasteiger partial charge is 0.324 e. The Balaban J connectivity index is 2.43. The van der Waals surface area contributed by atoms with Gasteiger partial charge in [0.25, 0.3) is 0 Å². The molecule has 2 aromatic rings. The first-order valence-corrected chi connectivity index (χ1v) is 5.36. The normalized spacial score (nSPS) is 12.4. The highest BCUT2D eigenvalue weighted by Crippen LogP contribution is 2.27. The van der Waals surface area contributed by atoms with E-state index in [1.807, 2.05) is 25.1 Å². The van der Waals surface area contributed by atoms with Crippen LogP contribution in [0.2, 0.25) is 5.02 Å². The molecule has 82 valence electrons. The summed E-state index contributed by atoms with van der Waals surface area (Å²) < 4.78 is 0. The van der Waals surface area contributed by atoms with Crippen LogP contribution in [0.3, 0.4) is 0 Å². The minimum atomic E-state index is -0.0615. The van der Waals surface area contributed by atoms with Crippen LogP contribution in [0, 0.1) is 0 Å². The van der Waals surface area contributed by atoms with Gasteiger partial charge in [-0.3, -0.25) is 0 Å². The molecule has 0 aliphatic rings. The van der Waals surface area contributed by atoms with Crippen molar-refractivity contribution >= 4 is 11.6 Å². The van der Waals surface area contributed by atoms with Gasteiger partial charge >= 0.3 is 0 Å². The minimum Gasteiger partial charge on any atom is -0.324 e. The first-order chi connectivity index (χ1) is 7.68. The van der Waals surface area contributed by atoms with Gasteiger partial charge in [0.15, 0.2) is 0 Å². The summed E-state index contributed by atoms with van der Waals surface area (Å²) in [5.41, 5.74) is 8.68. The van der Waals surface area contributed by atoms with Gasteiger partial charge in [0.1, 0.15) is 6.33 Å². The molecule has 1 unspecified atom stereocenters. The fourth-order valence-electron chi connectivity index (χ4n) is 1.52. The van der Waals surface area contributed by atoms with Crippen molar-refractivity contribution in [2.75, 3.05) is 0 Å². The standard InChI is InChI=1S/C12H12ClN3/c1-8(14)11-3-2-9(4-12(11)13)10-5-15-7-16-6-10/h2-8H,14H2,1H3. The van der Waals surface area contributed by atoms with Crippen molar-refractivity contribution in [3.63, 3.8) is 0 Å². The number of benzene rings is 1. The van der Waals surface area contributed by atoms with Crippen LogP contribution < -0.4 is 5.73 Å². The molecule has 1 heterocycles. The van der Waals surface area contributed by atoms with E-state index >= 15 is 0 Å². The summed E-state index contributed by atoms with van der Waals surface area (Å²) in [4.78, 5) is 7.94. The van der Waals surface area contributed by atoms with Gasteiger partial charge in [-0.1, -0.05) is 23.7 Å². The number of halogens is 1. The number of aromatic nitrogens is 2. The molecule has 0 fully saturated rings. The fourth-order valence-corrected chi connectivity index (χ4v) is 1.88. The Hall–Kier alpha value is -1.45. The Morgan fingerprint density at radius 3 is 2.44 bits per heavy atom. The van der Waals surface area contributed by atoms with Crippen molar-refractivity contribution < 1.29 is 0 Å². The average Bonchev–Trinajstić information content (AvgIpc) is 2.29. The molecule has 0 bridgehead atoms. The SMILES string of the molecule is CC(N)c1ccc(-c2cncnc2)cc1Cl. The summed E-state index contributed by atoms with van der Waals surface area (Å²) in [7, 11) is 0. The molecular formula is C12H12ClN3. The Kier molecular flexibility index (Phi) is 3.17. The zero-order chi connectivity index (χ0) is 11.5. The van der Waals surface area contributed by atoms with Gasteiger partial charge in [0.2, 0.25) is 0 Å². The van der Waals surface area contributed by atoms with Crippen LogP contribution >= 0.6 is 11.6 Å². The molecule has 0 saturated heterocycles. The lowest BCUT2D eigenvalue weighted by Gasteiger charge is -2.09. The van der Waals surface area contributed by atoms with E-state index in [9.17, 15) is 0 Å². The van der Waals surface area contributed by atoms with Crippen molar-refractivity contribution in [2.24, 2.45) is 5.73 Å². The molecule has 0 saturated carbocycles. The summed E-state index contributed by atoms with van der Waals surface area (Å²) in [6.07, 6.45) is 5.01. The van der Waals surface area contributed by atoms with Crippen LogP contribution in [0.1, 0.15) is 18.5 Å². The van der Waals surface area contributed by atoms with E-state index in [-0.39, 0.29) is 6.04 Å². The molecule has 0 spiro atoms. The molecule has 0 aliphatic carbocycles. The van der Waals surface area contributed by atoms with Crippen molar-refractivity contribution in [1.82, 2.24) is 9.97 Å². The Bertz CT molecular complexity index is 483. The van der Waals surface area contributed by atoms with E-state index in [1.54, 1.807) is 12.4 Å². The van der Waals surface area contributed by atoms with Crippen molar-refractivity contribution in [3.8, 4) is 11.1 Å². The number of hydrogen-bond acceptors (Lipinski definition) is 3. The summed E-state index contributed by atoms with van der Waals surface area (Å²) in [5, 5.41) is 0.677. The third-order valence-electron chi connectivity index (χ3n) is 2.38. The van der Waals surface area contributed by atoms with Crippen molar-refractivity contribution in [1.29, 1.82) is 0 Å². The molecule has 16 heavy (non-hydrogen) atoms. The van der Waals surface area contributed by atoms with Gasteiger partial charge in [-0.15, -0.1) is 0 Å². The van der Waals surface area contributed by atoms with Crippen LogP contribution in [-0.4, -0.2) is 9.97 Å². The minimum absolute atomic E-state index is 0.0615. The van der Waals surface area contributed by atoms with Gasteiger partial charge in [-0.05, 0) is 24.1 Å². The lowest BCUT2D eigenvalue weighted by Crippen LogP contribution is -2.05. The molecule has 0 radical (unpaired) electrons. The molecule has 0 aliphatic heterocycles. The van der Waals surface area contributed by atoms with E-state index in [2.05, 4.69) is 9.97 Å². The van der Waals surface area contributed by atoms with Gasteiger partial charge in [-0.25, -0.2) is 9.97 Å². The van der Waals surface area contributed by atoms with Gasteiger partial charge < -0.3 is 5.73 Å². The van der Waals surface area contributed by atoms with E-state index < -0.39 is 0 Å². The second-order valence-corrected chi connectivity index (χ2v) is 4.06. The highest BCUT2D eigenvalue weighted by molar-refractivity contribution is 6.31. The highest BCUT2D eigenvalue weighted by Gasteiger charge is 2.07. The smallest absolute Gasteiger partial charge is 0.115 e. The Morgan fingerprint density at radius 1 is 1.19 bits per heavy atom. The monoisotopic (exact) mass is 233 g/mol. The molecule has 1 aromatic heterocycles. The summed E-state index contributed by atoms with van der Waals surface area (Å²) >= 11 is 6.15. The predicted octanol–water partition coefficient (Wildman–Crippen LogP) is 2.82. The zero-order valence-electron chi connectivity index (χ0n) is 8.89. The number of rotatable bonds is 2. The lowest BCUT2D eigenvalue weighted by atomic mass is 10.0. The topological polar surface area (TPSA) is 51.8 Å². The van der Waals surface area contributed by atoms with E-state index in [0.717, 1.165) is 16.7 Å². The third-order valence-corrected chi connectivity index (χ3v) is 2.71. The van der Waals surface area contributed by atoms with E-state index in [0.29, 0.717) is 5.02 Å². The third kappa shape index (κ3) is 2.21. The molecular weight excluding hydrogens is 222 g/mol. The molecule has 1 aromatic carbocycles. The lowest BCUT2D eigenvalue weighted by molar-refractivity contribution is 0.819. The molecule has 0 amide bonds. The van der Waals surface area contributed by atoms with Gasteiger partial charge in [0, 0.05) is 29.0 Å². The van der Waals surface area contributed by atoms with E-state index in [4.69, 9.17) is 17.3 Å². The number of nitrogens with two attached hydrogens (primary N) is 1. The molecule has 3 nitrogen and oxygen atoms in total. The number of nitrogens with zero attached hydrogens (tertiary/aromatic N) is 2. The quantitative estimate of drug-likeness (QED) is 0.868. The Labute approximate surface area is 99.3 Å². The Morgan fingerprint density at radius 2 is 1.88 bits per heavy atom. The summed E-state index contributed by atoms with van der Waals surface area (Å²) in [6, 6.07) is 5.74. The first kappa shape index (κ1) is 11.0. The van der Waals surface area contributed by atoms with Crippen molar-refractivity contribution in [2.45, 2.75) is 13.0 Å². The van der Waals surface area contributed by atoms with Gasteiger partial charge in [0.05, 0.1) is 0 Å². The molecule has 2 rings (SSSR count). The maximum absolute atomic E-state index is 6.15. The second kappa shape index (κ2) is 4.60. The average molecular weight is 234 g/mol. The molecule has 4 heteroatoms. The summed E-state index contributed by atoms with van der Waals surface area (Å²) in [5.74, 6) is 0. The summed E-state index contributed by atoms with van der Waals surface area (Å²) in [6.45, 7) is 1.91. The zero-order valence-corrected chi connectivity index (χ0v) is 9.65. The predicted molar refractivity (Wildman–Crippen MR) is 65.1 cm³/mol.